The topological polar surface area (TPSA) is 72.1 Å². The summed E-state index contributed by atoms with van der Waals surface area (Å²) in [5.41, 5.74) is 2.85. The number of amides is 1. The number of hydroxylamine groups is 1. The summed E-state index contributed by atoms with van der Waals surface area (Å²) in [6.07, 6.45) is -2.65. The van der Waals surface area contributed by atoms with Gasteiger partial charge in [-0.2, -0.15) is 18.3 Å². The third-order valence-corrected chi connectivity index (χ3v) is 4.37. The molecule has 27 heavy (non-hydrogen) atoms. The number of halogens is 3. The molecule has 0 fully saturated rings. The predicted molar refractivity (Wildman–Crippen MR) is 91.8 cm³/mol. The predicted octanol–water partition coefficient (Wildman–Crippen LogP) is 3.66. The normalized spacial score (nSPS) is 12.0. The Kier molecular flexibility index (Phi) is 3.70. The minimum atomic E-state index is -4.41. The molecule has 2 aromatic carbocycles. The monoisotopic (exact) mass is 374 g/mol. The van der Waals surface area contributed by atoms with E-state index in [1.807, 2.05) is 0 Å². The van der Waals surface area contributed by atoms with E-state index in [-0.39, 0.29) is 5.56 Å². The Morgan fingerprint density at radius 1 is 1.11 bits per heavy atom. The van der Waals surface area contributed by atoms with E-state index in [0.29, 0.717) is 22.2 Å². The molecule has 2 aromatic heterocycles. The maximum Gasteiger partial charge on any atom is 0.416 e. The highest BCUT2D eigenvalue weighted by Gasteiger charge is 2.30. The van der Waals surface area contributed by atoms with Crippen molar-refractivity contribution in [2.45, 2.75) is 6.18 Å². The molecule has 4 rings (SSSR count). The summed E-state index contributed by atoms with van der Waals surface area (Å²) in [6.45, 7) is 0. The van der Waals surface area contributed by atoms with Gasteiger partial charge in [0.2, 0.25) is 0 Å². The zero-order valence-electron chi connectivity index (χ0n) is 13.9. The highest BCUT2D eigenvalue weighted by molar-refractivity contribution is 6.10. The molecule has 0 atom stereocenters. The van der Waals surface area contributed by atoms with Crippen molar-refractivity contribution in [3.05, 3.63) is 59.8 Å². The Morgan fingerprint density at radius 3 is 2.44 bits per heavy atom. The first-order chi connectivity index (χ1) is 12.8. The van der Waals surface area contributed by atoms with Crippen molar-refractivity contribution in [3.63, 3.8) is 0 Å². The van der Waals surface area contributed by atoms with Crippen molar-refractivity contribution in [2.75, 3.05) is 0 Å². The summed E-state index contributed by atoms with van der Waals surface area (Å²) in [7, 11) is 1.73. The molecule has 0 aliphatic heterocycles. The van der Waals surface area contributed by atoms with E-state index in [4.69, 9.17) is 5.21 Å². The standard InChI is InChI=1S/C18H13F3N4O2/c1-24-9-14-13-8-10(17(26)23-27)2-7-15(13)25(16(14)22-24)12-5-3-11(4-6-12)18(19,20)21/h2-9,27H,1H3,(H,23,26). The summed E-state index contributed by atoms with van der Waals surface area (Å²) >= 11 is 0. The smallest absolute Gasteiger partial charge is 0.292 e. The zero-order chi connectivity index (χ0) is 19.3. The van der Waals surface area contributed by atoms with Gasteiger partial charge < -0.3 is 0 Å². The van der Waals surface area contributed by atoms with Gasteiger partial charge in [-0.1, -0.05) is 0 Å². The molecule has 0 spiro atoms. The van der Waals surface area contributed by atoms with Crippen molar-refractivity contribution in [2.24, 2.45) is 7.05 Å². The molecule has 0 radical (unpaired) electrons. The minimum Gasteiger partial charge on any atom is -0.292 e. The molecule has 138 valence electrons. The van der Waals surface area contributed by atoms with Crippen LogP contribution in [0, 0.1) is 0 Å². The van der Waals surface area contributed by atoms with E-state index < -0.39 is 17.6 Å². The van der Waals surface area contributed by atoms with Gasteiger partial charge in [0.05, 0.1) is 11.1 Å². The van der Waals surface area contributed by atoms with Crippen LogP contribution in [0.25, 0.3) is 27.6 Å². The fraction of sp³-hybridized carbons (Fsp3) is 0.111. The SMILES string of the molecule is Cn1cc2c3cc(C(=O)NO)ccc3n(-c3ccc(C(F)(F)F)cc3)c2n1. The van der Waals surface area contributed by atoms with Crippen molar-refractivity contribution in [1.82, 2.24) is 19.8 Å². The van der Waals surface area contributed by atoms with E-state index in [2.05, 4.69) is 5.10 Å². The van der Waals surface area contributed by atoms with Crippen molar-refractivity contribution in [1.29, 1.82) is 0 Å². The minimum absolute atomic E-state index is 0.250. The largest absolute Gasteiger partial charge is 0.416 e. The van der Waals surface area contributed by atoms with E-state index in [1.165, 1.54) is 18.2 Å². The van der Waals surface area contributed by atoms with Gasteiger partial charge in [-0.05, 0) is 42.5 Å². The highest BCUT2D eigenvalue weighted by Crippen LogP contribution is 2.34. The van der Waals surface area contributed by atoms with Crippen LogP contribution >= 0.6 is 0 Å². The lowest BCUT2D eigenvalue weighted by Gasteiger charge is -2.10. The van der Waals surface area contributed by atoms with Crippen molar-refractivity contribution < 1.29 is 23.2 Å². The molecule has 0 aliphatic rings. The first-order valence-electron chi connectivity index (χ1n) is 7.89. The highest BCUT2D eigenvalue weighted by atomic mass is 19.4. The average molecular weight is 374 g/mol. The average Bonchev–Trinajstić information content (AvgIpc) is 3.14. The van der Waals surface area contributed by atoms with Crippen LogP contribution in [0.1, 0.15) is 15.9 Å². The third-order valence-electron chi connectivity index (χ3n) is 4.37. The molecule has 0 unspecified atom stereocenters. The number of nitrogens with one attached hydrogen (secondary N) is 1. The van der Waals surface area contributed by atoms with Crippen LogP contribution in [0.4, 0.5) is 13.2 Å². The quantitative estimate of drug-likeness (QED) is 0.416. The van der Waals surface area contributed by atoms with E-state index >= 15 is 0 Å². The Morgan fingerprint density at radius 2 is 1.81 bits per heavy atom. The number of rotatable bonds is 2. The lowest BCUT2D eigenvalue weighted by atomic mass is 10.1. The second kappa shape index (κ2) is 5.85. The number of aromatic nitrogens is 3. The van der Waals surface area contributed by atoms with Crippen LogP contribution in [0.5, 0.6) is 0 Å². The Labute approximate surface area is 150 Å². The fourth-order valence-electron chi connectivity index (χ4n) is 3.16. The van der Waals surface area contributed by atoms with Crippen LogP contribution in [0.2, 0.25) is 0 Å². The van der Waals surface area contributed by atoms with E-state index in [1.54, 1.807) is 40.1 Å². The van der Waals surface area contributed by atoms with E-state index in [0.717, 1.165) is 17.5 Å². The van der Waals surface area contributed by atoms with Gasteiger partial charge in [-0.25, -0.2) is 5.48 Å². The fourth-order valence-corrected chi connectivity index (χ4v) is 3.16. The molecule has 4 aromatic rings. The number of hydrogen-bond donors (Lipinski definition) is 2. The van der Waals surface area contributed by atoms with E-state index in [9.17, 15) is 18.0 Å². The molecule has 9 heteroatoms. The van der Waals surface area contributed by atoms with Crippen LogP contribution in [0.3, 0.4) is 0 Å². The number of fused-ring (bicyclic) bond motifs is 3. The van der Waals surface area contributed by atoms with Crippen LogP contribution in [-0.2, 0) is 13.2 Å². The van der Waals surface area contributed by atoms with Gasteiger partial charge in [0.15, 0.2) is 5.65 Å². The molecule has 2 N–H and O–H groups in total. The number of carbonyl (C=O) groups is 1. The summed E-state index contributed by atoms with van der Waals surface area (Å²) in [6, 6.07) is 9.58. The summed E-state index contributed by atoms with van der Waals surface area (Å²) < 4.78 is 41.8. The van der Waals surface area contributed by atoms with Crippen molar-refractivity contribution in [3.8, 4) is 5.69 Å². The number of nitrogens with zero attached hydrogens (tertiary/aromatic N) is 3. The van der Waals surface area contributed by atoms with Crippen LogP contribution < -0.4 is 5.48 Å². The maximum absolute atomic E-state index is 12.8. The van der Waals surface area contributed by atoms with Crippen LogP contribution in [0.15, 0.2) is 48.7 Å². The van der Waals surface area contributed by atoms with Gasteiger partial charge in [-0.15, -0.1) is 0 Å². The summed E-state index contributed by atoms with van der Waals surface area (Å²) in [4.78, 5) is 11.7. The Bertz CT molecular complexity index is 1170. The second-order valence-corrected chi connectivity index (χ2v) is 6.09. The van der Waals surface area contributed by atoms with Crippen molar-refractivity contribution >= 4 is 27.8 Å². The molecule has 6 nitrogen and oxygen atoms in total. The summed E-state index contributed by atoms with van der Waals surface area (Å²) in [5, 5.41) is 14.7. The Hall–Kier alpha value is -3.33. The molecule has 0 saturated carbocycles. The lowest BCUT2D eigenvalue weighted by Crippen LogP contribution is -2.18. The van der Waals surface area contributed by atoms with Gasteiger partial charge in [0.1, 0.15) is 0 Å². The third kappa shape index (κ3) is 2.72. The van der Waals surface area contributed by atoms with Gasteiger partial charge in [0, 0.05) is 35.3 Å². The first kappa shape index (κ1) is 17.1. The maximum atomic E-state index is 12.8. The molecule has 0 aliphatic carbocycles. The molecular weight excluding hydrogens is 361 g/mol. The number of carbonyl (C=O) groups excluding carboxylic acids is 1. The molecular formula is C18H13F3N4O2. The van der Waals surface area contributed by atoms with Gasteiger partial charge in [0.25, 0.3) is 5.91 Å². The first-order valence-corrected chi connectivity index (χ1v) is 7.89. The molecule has 1 amide bonds. The number of hydrogen-bond acceptors (Lipinski definition) is 3. The number of aryl methyl sites for hydroxylation is 1. The zero-order valence-corrected chi connectivity index (χ0v) is 13.9. The lowest BCUT2D eigenvalue weighted by molar-refractivity contribution is -0.137. The molecule has 0 bridgehead atoms. The number of benzene rings is 2. The van der Waals surface area contributed by atoms with Gasteiger partial charge in [-0.3, -0.25) is 19.3 Å². The summed E-state index contributed by atoms with van der Waals surface area (Å²) in [5.74, 6) is -0.656. The Balaban J connectivity index is 1.97. The molecule has 2 heterocycles. The van der Waals surface area contributed by atoms with Crippen LogP contribution in [-0.4, -0.2) is 25.5 Å². The van der Waals surface area contributed by atoms with Gasteiger partial charge >= 0.3 is 6.18 Å². The second-order valence-electron chi connectivity index (χ2n) is 6.09. The number of alkyl halides is 3. The molecule has 0 saturated heterocycles.